The van der Waals surface area contributed by atoms with Gasteiger partial charge in [-0.2, -0.15) is 0 Å². The molecular weight excluding hydrogens is 236 g/mol. The summed E-state index contributed by atoms with van der Waals surface area (Å²) in [7, 11) is 1.52. The van der Waals surface area contributed by atoms with Crippen molar-refractivity contribution in [1.82, 2.24) is 10.2 Å². The third-order valence-corrected chi connectivity index (χ3v) is 3.06. The fourth-order valence-electron chi connectivity index (χ4n) is 2.16. The number of nitrogens with two attached hydrogens (primary N) is 2. The molecule has 18 heavy (non-hydrogen) atoms. The van der Waals surface area contributed by atoms with E-state index in [1.807, 2.05) is 0 Å². The summed E-state index contributed by atoms with van der Waals surface area (Å²) < 4.78 is 4.88. The summed E-state index contributed by atoms with van der Waals surface area (Å²) in [6, 6.07) is -1.15. The Morgan fingerprint density at radius 1 is 1.56 bits per heavy atom. The molecule has 0 aromatic rings. The monoisotopic (exact) mass is 258 g/mol. The molecule has 1 aliphatic rings. The number of hydrogen-bond donors (Lipinski definition) is 3. The van der Waals surface area contributed by atoms with Crippen LogP contribution in [0.5, 0.6) is 0 Å². The Bertz CT molecular complexity index is 298. The quantitative estimate of drug-likeness (QED) is 0.579. The number of primary amides is 1. The third kappa shape index (κ3) is 4.50. The van der Waals surface area contributed by atoms with E-state index in [4.69, 9.17) is 16.2 Å². The molecule has 104 valence electrons. The fourth-order valence-corrected chi connectivity index (χ4v) is 2.16. The van der Waals surface area contributed by atoms with E-state index in [0.29, 0.717) is 19.6 Å². The highest BCUT2D eigenvalue weighted by molar-refractivity contribution is 5.81. The van der Waals surface area contributed by atoms with Gasteiger partial charge in [-0.25, -0.2) is 4.79 Å². The van der Waals surface area contributed by atoms with E-state index in [1.54, 1.807) is 4.90 Å². The smallest absolute Gasteiger partial charge is 0.312 e. The van der Waals surface area contributed by atoms with Crippen LogP contribution in [0.2, 0.25) is 0 Å². The molecule has 0 aliphatic carbocycles. The van der Waals surface area contributed by atoms with Crippen molar-refractivity contribution in [2.24, 2.45) is 17.4 Å². The lowest BCUT2D eigenvalue weighted by Gasteiger charge is -2.34. The van der Waals surface area contributed by atoms with Crippen LogP contribution in [0.1, 0.15) is 12.8 Å². The maximum Gasteiger partial charge on any atom is 0.312 e. The summed E-state index contributed by atoms with van der Waals surface area (Å²) in [5.74, 6) is 0.144. The van der Waals surface area contributed by atoms with Crippen molar-refractivity contribution in [3.8, 4) is 0 Å². The van der Waals surface area contributed by atoms with Crippen molar-refractivity contribution >= 4 is 11.9 Å². The predicted octanol–water partition coefficient (Wildman–Crippen LogP) is -1.13. The first-order valence-corrected chi connectivity index (χ1v) is 6.11. The Morgan fingerprint density at radius 2 is 2.28 bits per heavy atom. The second-order valence-corrected chi connectivity index (χ2v) is 4.60. The molecule has 0 aromatic carbocycles. The number of amides is 3. The molecule has 1 rings (SSSR count). The Labute approximate surface area is 107 Å². The first-order valence-electron chi connectivity index (χ1n) is 6.11. The van der Waals surface area contributed by atoms with E-state index >= 15 is 0 Å². The number of likely N-dealkylation sites (tertiary alicyclic amines) is 1. The zero-order chi connectivity index (χ0) is 13.5. The summed E-state index contributed by atoms with van der Waals surface area (Å²) >= 11 is 0. The predicted molar refractivity (Wildman–Crippen MR) is 66.7 cm³/mol. The molecule has 0 saturated carbocycles. The number of piperidine rings is 1. The highest BCUT2D eigenvalue weighted by atomic mass is 16.5. The van der Waals surface area contributed by atoms with Crippen molar-refractivity contribution in [3.63, 3.8) is 0 Å². The van der Waals surface area contributed by atoms with Gasteiger partial charge in [-0.05, 0) is 18.8 Å². The highest BCUT2D eigenvalue weighted by Gasteiger charge is 2.27. The van der Waals surface area contributed by atoms with Gasteiger partial charge in [-0.3, -0.25) is 4.79 Å². The molecular formula is C11H22N4O3. The van der Waals surface area contributed by atoms with Crippen LogP contribution in [-0.2, 0) is 9.53 Å². The molecule has 1 aliphatic heterocycles. The minimum Gasteiger partial charge on any atom is -0.383 e. The second kappa shape index (κ2) is 7.17. The molecule has 1 fully saturated rings. The number of carbonyl (C=O) groups excluding carboxylic acids is 2. The summed E-state index contributed by atoms with van der Waals surface area (Å²) in [5, 5.41) is 2.57. The number of methoxy groups -OCH3 is 1. The van der Waals surface area contributed by atoms with E-state index in [1.165, 1.54) is 7.11 Å². The molecule has 2 unspecified atom stereocenters. The maximum absolute atomic E-state index is 12.0. The zero-order valence-electron chi connectivity index (χ0n) is 10.7. The topological polar surface area (TPSA) is 111 Å². The molecule has 7 heteroatoms. The second-order valence-electron chi connectivity index (χ2n) is 4.60. The molecule has 0 spiro atoms. The standard InChI is InChI=1S/C11H22N4O3/c1-18-7-9(12)10(16)15-4-2-3-8(6-15)5-14-11(13)17/h8-9H,2-7,12H2,1H3,(H3,13,14,17). The number of urea groups is 1. The summed E-state index contributed by atoms with van der Waals surface area (Å²) in [4.78, 5) is 24.4. The van der Waals surface area contributed by atoms with Crippen molar-refractivity contribution in [3.05, 3.63) is 0 Å². The normalized spacial score (nSPS) is 21.4. The van der Waals surface area contributed by atoms with Crippen LogP contribution >= 0.6 is 0 Å². The summed E-state index contributed by atoms with van der Waals surface area (Å²) in [6.07, 6.45) is 1.89. The fraction of sp³-hybridized carbons (Fsp3) is 0.818. The van der Waals surface area contributed by atoms with Crippen molar-refractivity contribution in [1.29, 1.82) is 0 Å². The third-order valence-electron chi connectivity index (χ3n) is 3.06. The maximum atomic E-state index is 12.0. The van der Waals surface area contributed by atoms with Gasteiger partial charge in [-0.1, -0.05) is 0 Å². The van der Waals surface area contributed by atoms with Crippen LogP contribution in [-0.4, -0.2) is 56.2 Å². The van der Waals surface area contributed by atoms with Gasteiger partial charge < -0.3 is 26.4 Å². The summed E-state index contributed by atoms with van der Waals surface area (Å²) in [6.45, 7) is 2.04. The number of nitrogens with zero attached hydrogens (tertiary/aromatic N) is 1. The molecule has 3 amide bonds. The van der Waals surface area contributed by atoms with E-state index in [9.17, 15) is 9.59 Å². The number of ether oxygens (including phenoxy) is 1. The van der Waals surface area contributed by atoms with Crippen LogP contribution in [0.3, 0.4) is 0 Å². The van der Waals surface area contributed by atoms with Crippen LogP contribution in [0.25, 0.3) is 0 Å². The van der Waals surface area contributed by atoms with Crippen LogP contribution in [0.4, 0.5) is 4.79 Å². The van der Waals surface area contributed by atoms with Crippen molar-refractivity contribution < 1.29 is 14.3 Å². The van der Waals surface area contributed by atoms with Gasteiger partial charge in [0.25, 0.3) is 0 Å². The van der Waals surface area contributed by atoms with Gasteiger partial charge in [-0.15, -0.1) is 0 Å². The van der Waals surface area contributed by atoms with Gasteiger partial charge in [0, 0.05) is 26.7 Å². The van der Waals surface area contributed by atoms with Gasteiger partial charge in [0.1, 0.15) is 6.04 Å². The number of carbonyl (C=O) groups is 2. The minimum atomic E-state index is -0.613. The molecule has 7 nitrogen and oxygen atoms in total. The summed E-state index contributed by atoms with van der Waals surface area (Å²) in [5.41, 5.74) is 10.7. The Morgan fingerprint density at radius 3 is 2.89 bits per heavy atom. The Kier molecular flexibility index (Phi) is 5.87. The van der Waals surface area contributed by atoms with E-state index in [0.717, 1.165) is 12.8 Å². The van der Waals surface area contributed by atoms with Crippen LogP contribution in [0, 0.1) is 5.92 Å². The van der Waals surface area contributed by atoms with Crippen molar-refractivity contribution in [2.45, 2.75) is 18.9 Å². The lowest BCUT2D eigenvalue weighted by atomic mass is 9.97. The molecule has 5 N–H and O–H groups in total. The number of nitrogens with one attached hydrogen (secondary N) is 1. The lowest BCUT2D eigenvalue weighted by molar-refractivity contribution is -0.135. The van der Waals surface area contributed by atoms with Gasteiger partial charge in [0.15, 0.2) is 0 Å². The van der Waals surface area contributed by atoms with Gasteiger partial charge >= 0.3 is 6.03 Å². The SMILES string of the molecule is COCC(N)C(=O)N1CCCC(CNC(N)=O)C1. The van der Waals surface area contributed by atoms with Crippen LogP contribution in [0.15, 0.2) is 0 Å². The van der Waals surface area contributed by atoms with Gasteiger partial charge in [0.2, 0.25) is 5.91 Å². The van der Waals surface area contributed by atoms with E-state index in [2.05, 4.69) is 5.32 Å². The van der Waals surface area contributed by atoms with Gasteiger partial charge in [0.05, 0.1) is 6.61 Å². The van der Waals surface area contributed by atoms with Crippen molar-refractivity contribution in [2.75, 3.05) is 33.4 Å². The largest absolute Gasteiger partial charge is 0.383 e. The lowest BCUT2D eigenvalue weighted by Crippen LogP contribution is -2.51. The Hall–Kier alpha value is -1.34. The molecule has 0 aromatic heterocycles. The van der Waals surface area contributed by atoms with E-state index < -0.39 is 12.1 Å². The van der Waals surface area contributed by atoms with E-state index in [-0.39, 0.29) is 18.4 Å². The zero-order valence-corrected chi connectivity index (χ0v) is 10.7. The first-order chi connectivity index (χ1) is 8.54. The average molecular weight is 258 g/mol. The molecule has 2 atom stereocenters. The number of hydrogen-bond acceptors (Lipinski definition) is 4. The molecule has 0 radical (unpaired) electrons. The molecule has 1 heterocycles. The average Bonchev–Trinajstić information content (AvgIpc) is 2.36. The number of rotatable bonds is 5. The first kappa shape index (κ1) is 14.7. The Balaban J connectivity index is 2.42. The van der Waals surface area contributed by atoms with Crippen LogP contribution < -0.4 is 16.8 Å². The molecule has 0 bridgehead atoms. The minimum absolute atomic E-state index is 0.0966. The highest BCUT2D eigenvalue weighted by Crippen LogP contribution is 2.16. The molecule has 1 saturated heterocycles.